The van der Waals surface area contributed by atoms with Crippen molar-refractivity contribution in [3.05, 3.63) is 59.7 Å². The van der Waals surface area contributed by atoms with E-state index in [0.717, 1.165) is 11.1 Å². The number of alkyl carbamates (subject to hydrolysis) is 1. The molecule has 0 aliphatic heterocycles. The van der Waals surface area contributed by atoms with Gasteiger partial charge >= 0.3 is 12.1 Å². The van der Waals surface area contributed by atoms with Crippen LogP contribution >= 0.6 is 0 Å². The highest BCUT2D eigenvalue weighted by Gasteiger charge is 2.20. The molecule has 0 aromatic heterocycles. The summed E-state index contributed by atoms with van der Waals surface area (Å²) in [5.74, 6) is 0.116. The Labute approximate surface area is 177 Å². The van der Waals surface area contributed by atoms with E-state index in [0.29, 0.717) is 18.0 Å². The van der Waals surface area contributed by atoms with Crippen molar-refractivity contribution in [2.24, 2.45) is 0 Å². The fourth-order valence-electron chi connectivity index (χ4n) is 2.53. The van der Waals surface area contributed by atoms with Crippen LogP contribution in [0.4, 0.5) is 4.79 Å². The summed E-state index contributed by atoms with van der Waals surface area (Å²) in [6.45, 7) is 7.94. The van der Waals surface area contributed by atoms with Crippen molar-refractivity contribution in [2.45, 2.75) is 45.8 Å². The number of hydrogen-bond donors (Lipinski definition) is 2. The molecule has 2 N–H and O–H groups in total. The number of carbonyl (C=O) groups excluding carboxylic acids is 1. The van der Waals surface area contributed by atoms with E-state index in [1.54, 1.807) is 57.2 Å². The lowest BCUT2D eigenvalue weighted by Crippen LogP contribution is -2.34. The first-order valence-electron chi connectivity index (χ1n) is 9.77. The zero-order valence-corrected chi connectivity index (χ0v) is 17.8. The van der Waals surface area contributed by atoms with Crippen molar-refractivity contribution in [2.75, 3.05) is 13.2 Å². The lowest BCUT2D eigenvalue weighted by atomic mass is 10.1. The van der Waals surface area contributed by atoms with Crippen LogP contribution in [0.2, 0.25) is 0 Å². The molecule has 0 saturated carbocycles. The van der Waals surface area contributed by atoms with Crippen LogP contribution in [0.5, 0.6) is 11.5 Å². The highest BCUT2D eigenvalue weighted by Crippen LogP contribution is 2.18. The topological polar surface area (TPSA) is 94.1 Å². The van der Waals surface area contributed by atoms with E-state index in [4.69, 9.17) is 14.2 Å². The van der Waals surface area contributed by atoms with Gasteiger partial charge in [-0.25, -0.2) is 9.59 Å². The summed E-state index contributed by atoms with van der Waals surface area (Å²) >= 11 is 0. The summed E-state index contributed by atoms with van der Waals surface area (Å²) in [5, 5.41) is 12.1. The van der Waals surface area contributed by atoms with Gasteiger partial charge < -0.3 is 24.6 Å². The van der Waals surface area contributed by atoms with Crippen molar-refractivity contribution in [3.8, 4) is 11.5 Å². The second-order valence-electron chi connectivity index (χ2n) is 7.88. The number of amides is 1. The average molecular weight is 415 g/mol. The molecule has 30 heavy (non-hydrogen) atoms. The maximum absolute atomic E-state index is 11.6. The Morgan fingerprint density at radius 2 is 1.60 bits per heavy atom. The van der Waals surface area contributed by atoms with Gasteiger partial charge in [-0.05, 0) is 57.5 Å². The van der Waals surface area contributed by atoms with Crippen LogP contribution < -0.4 is 14.8 Å². The van der Waals surface area contributed by atoms with Gasteiger partial charge in [0, 0.05) is 6.42 Å². The summed E-state index contributed by atoms with van der Waals surface area (Å²) in [5.41, 5.74) is 1.34. The zero-order chi connectivity index (χ0) is 22.1. The van der Waals surface area contributed by atoms with Crippen molar-refractivity contribution < 1.29 is 28.9 Å². The first-order chi connectivity index (χ1) is 14.1. The number of carbonyl (C=O) groups is 2. The van der Waals surface area contributed by atoms with Gasteiger partial charge in [-0.3, -0.25) is 0 Å². The maximum Gasteiger partial charge on any atom is 0.407 e. The van der Waals surface area contributed by atoms with Gasteiger partial charge in [0.05, 0.1) is 6.54 Å². The van der Waals surface area contributed by atoms with E-state index >= 15 is 0 Å². The van der Waals surface area contributed by atoms with Crippen molar-refractivity contribution in [1.29, 1.82) is 0 Å². The van der Waals surface area contributed by atoms with E-state index < -0.39 is 23.8 Å². The number of aliphatic carboxylic acids is 1. The number of carboxylic acids is 1. The monoisotopic (exact) mass is 415 g/mol. The van der Waals surface area contributed by atoms with E-state index in [1.165, 1.54) is 0 Å². The number of aryl methyl sites for hydroxylation is 1. The minimum atomic E-state index is -1.02. The van der Waals surface area contributed by atoms with Crippen LogP contribution in [-0.2, 0) is 16.0 Å². The lowest BCUT2D eigenvalue weighted by Gasteiger charge is -2.19. The lowest BCUT2D eigenvalue weighted by molar-refractivity contribution is -0.145. The van der Waals surface area contributed by atoms with Gasteiger partial charge in [0.2, 0.25) is 0 Å². The molecule has 0 heterocycles. The standard InChI is InChI=1S/C23H29NO6/c1-16-5-9-19(10-6-16)29-20(21(25)26)15-17-7-11-18(12-8-17)28-14-13-24-22(27)30-23(2,3)4/h5-12,20H,13-15H2,1-4H3,(H,24,27)(H,25,26). The van der Waals surface area contributed by atoms with Crippen LogP contribution in [0, 0.1) is 6.92 Å². The van der Waals surface area contributed by atoms with E-state index in [-0.39, 0.29) is 13.0 Å². The highest BCUT2D eigenvalue weighted by molar-refractivity contribution is 5.73. The minimum Gasteiger partial charge on any atom is -0.492 e. The van der Waals surface area contributed by atoms with E-state index in [9.17, 15) is 14.7 Å². The van der Waals surface area contributed by atoms with Crippen LogP contribution in [0.25, 0.3) is 0 Å². The van der Waals surface area contributed by atoms with Gasteiger partial charge in [-0.1, -0.05) is 29.8 Å². The molecule has 0 saturated heterocycles. The average Bonchev–Trinajstić information content (AvgIpc) is 2.66. The van der Waals surface area contributed by atoms with Gasteiger partial charge in [0.25, 0.3) is 0 Å². The molecule has 7 nitrogen and oxygen atoms in total. The fourth-order valence-corrected chi connectivity index (χ4v) is 2.53. The van der Waals surface area contributed by atoms with Crippen molar-refractivity contribution in [3.63, 3.8) is 0 Å². The van der Waals surface area contributed by atoms with Gasteiger partial charge in [0.15, 0.2) is 6.10 Å². The third kappa shape index (κ3) is 8.43. The third-order valence-electron chi connectivity index (χ3n) is 3.96. The minimum absolute atomic E-state index is 0.226. The van der Waals surface area contributed by atoms with E-state index in [1.807, 2.05) is 19.1 Å². The first-order valence-corrected chi connectivity index (χ1v) is 9.77. The molecule has 0 aliphatic carbocycles. The second-order valence-corrected chi connectivity index (χ2v) is 7.88. The number of carboxylic acid groups (broad SMARTS) is 1. The molecular weight excluding hydrogens is 386 g/mol. The molecule has 7 heteroatoms. The van der Waals surface area contributed by atoms with Crippen LogP contribution in [0.1, 0.15) is 31.9 Å². The molecule has 162 valence electrons. The zero-order valence-electron chi connectivity index (χ0n) is 17.8. The number of rotatable bonds is 9. The van der Waals surface area contributed by atoms with Crippen LogP contribution in [0.3, 0.4) is 0 Å². The van der Waals surface area contributed by atoms with Crippen molar-refractivity contribution >= 4 is 12.1 Å². The highest BCUT2D eigenvalue weighted by atomic mass is 16.6. The second kappa shape index (κ2) is 10.5. The maximum atomic E-state index is 11.6. The molecule has 2 aromatic rings. The molecule has 1 unspecified atom stereocenters. The largest absolute Gasteiger partial charge is 0.492 e. The number of hydrogen-bond acceptors (Lipinski definition) is 5. The summed E-state index contributed by atoms with van der Waals surface area (Å²) in [4.78, 5) is 23.1. The number of benzene rings is 2. The van der Waals surface area contributed by atoms with Crippen molar-refractivity contribution in [1.82, 2.24) is 5.32 Å². The summed E-state index contributed by atoms with van der Waals surface area (Å²) in [7, 11) is 0. The molecule has 0 fully saturated rings. The Kier molecular flexibility index (Phi) is 8.09. The third-order valence-corrected chi connectivity index (χ3v) is 3.96. The molecule has 0 bridgehead atoms. The SMILES string of the molecule is Cc1ccc(OC(Cc2ccc(OCCNC(=O)OC(C)(C)C)cc2)C(=O)O)cc1. The molecular formula is C23H29NO6. The smallest absolute Gasteiger partial charge is 0.407 e. The van der Waals surface area contributed by atoms with Crippen LogP contribution in [-0.4, -0.2) is 42.0 Å². The summed E-state index contributed by atoms with van der Waals surface area (Å²) in [6.07, 6.45) is -1.25. The van der Waals surface area contributed by atoms with Crippen LogP contribution in [0.15, 0.2) is 48.5 Å². The summed E-state index contributed by atoms with van der Waals surface area (Å²) in [6, 6.07) is 14.4. The van der Waals surface area contributed by atoms with Gasteiger partial charge in [-0.2, -0.15) is 0 Å². The van der Waals surface area contributed by atoms with Gasteiger partial charge in [0.1, 0.15) is 23.7 Å². The summed E-state index contributed by atoms with van der Waals surface area (Å²) < 4.78 is 16.3. The Morgan fingerprint density at radius 1 is 1.00 bits per heavy atom. The molecule has 0 aliphatic rings. The molecule has 2 rings (SSSR count). The Morgan fingerprint density at radius 3 is 2.17 bits per heavy atom. The number of ether oxygens (including phenoxy) is 3. The van der Waals surface area contributed by atoms with E-state index in [2.05, 4.69) is 5.32 Å². The predicted octanol–water partition coefficient (Wildman–Crippen LogP) is 3.97. The fraction of sp³-hybridized carbons (Fsp3) is 0.391. The molecule has 1 atom stereocenters. The molecule has 0 spiro atoms. The Bertz CT molecular complexity index is 824. The molecule has 0 radical (unpaired) electrons. The quantitative estimate of drug-likeness (QED) is 0.602. The Balaban J connectivity index is 1.81. The van der Waals surface area contributed by atoms with Gasteiger partial charge in [-0.15, -0.1) is 0 Å². The molecule has 2 aromatic carbocycles. The normalized spacial score (nSPS) is 12.0. The first kappa shape index (κ1) is 23.1. The molecule has 1 amide bonds. The Hall–Kier alpha value is -3.22. The number of nitrogens with one attached hydrogen (secondary N) is 1. The predicted molar refractivity (Wildman–Crippen MR) is 113 cm³/mol.